The van der Waals surface area contributed by atoms with Crippen LogP contribution in [0.4, 0.5) is 11.5 Å². The van der Waals surface area contributed by atoms with Crippen LogP contribution in [0.3, 0.4) is 0 Å². The summed E-state index contributed by atoms with van der Waals surface area (Å²) in [5, 5.41) is 3.41. The number of anilines is 2. The molecule has 1 N–H and O–H groups in total. The molecule has 3 aromatic rings. The first-order valence-corrected chi connectivity index (χ1v) is 10.9. The van der Waals surface area contributed by atoms with E-state index in [1.807, 2.05) is 31.2 Å². The van der Waals surface area contributed by atoms with Gasteiger partial charge in [-0.3, -0.25) is 4.79 Å². The van der Waals surface area contributed by atoms with Crippen LogP contribution in [0.2, 0.25) is 5.02 Å². The lowest BCUT2D eigenvalue weighted by molar-refractivity contribution is -0.120. The Bertz CT molecular complexity index is 1090. The Morgan fingerprint density at radius 1 is 1.16 bits per heavy atom. The molecule has 1 aliphatic rings. The molecule has 1 amide bonds. The number of piperidine rings is 1. The summed E-state index contributed by atoms with van der Waals surface area (Å²) in [5.74, 6) is 2.08. The van der Waals surface area contributed by atoms with Gasteiger partial charge in [-0.15, -0.1) is 0 Å². The molecule has 1 fully saturated rings. The SMILES string of the molecule is COc1ccc(NC(=O)[C@H]2CCCN(c3nccnc3Oc3ccc(C)cc3)C2)cc1Cl. The highest BCUT2D eigenvalue weighted by Crippen LogP contribution is 2.32. The van der Waals surface area contributed by atoms with E-state index in [4.69, 9.17) is 21.1 Å². The van der Waals surface area contributed by atoms with Gasteiger partial charge in [0, 0.05) is 31.2 Å². The topological polar surface area (TPSA) is 76.6 Å². The second-order valence-corrected chi connectivity index (χ2v) is 8.13. The minimum Gasteiger partial charge on any atom is -0.495 e. The molecule has 2 heterocycles. The van der Waals surface area contributed by atoms with E-state index in [9.17, 15) is 4.79 Å². The monoisotopic (exact) mass is 452 g/mol. The quantitative estimate of drug-likeness (QED) is 0.561. The average Bonchev–Trinajstić information content (AvgIpc) is 2.81. The number of carbonyl (C=O) groups excluding carboxylic acids is 1. The number of benzene rings is 2. The van der Waals surface area contributed by atoms with Crippen molar-refractivity contribution >= 4 is 29.0 Å². The van der Waals surface area contributed by atoms with Gasteiger partial charge in [-0.25, -0.2) is 9.97 Å². The van der Waals surface area contributed by atoms with Crippen LogP contribution in [0.25, 0.3) is 0 Å². The Hall–Kier alpha value is -3.32. The van der Waals surface area contributed by atoms with Crippen LogP contribution in [-0.2, 0) is 4.79 Å². The second kappa shape index (κ2) is 9.87. The number of carbonyl (C=O) groups is 1. The van der Waals surface area contributed by atoms with Crippen molar-refractivity contribution in [2.75, 3.05) is 30.4 Å². The number of aromatic nitrogens is 2. The number of nitrogens with one attached hydrogen (secondary N) is 1. The molecular formula is C24H25ClN4O3. The maximum absolute atomic E-state index is 12.9. The molecule has 0 radical (unpaired) electrons. The van der Waals surface area contributed by atoms with E-state index in [1.165, 1.54) is 0 Å². The van der Waals surface area contributed by atoms with Crippen LogP contribution in [0.15, 0.2) is 54.9 Å². The van der Waals surface area contributed by atoms with Crippen LogP contribution in [0.1, 0.15) is 18.4 Å². The van der Waals surface area contributed by atoms with Crippen LogP contribution in [0.5, 0.6) is 17.4 Å². The Kier molecular flexibility index (Phi) is 6.75. The van der Waals surface area contributed by atoms with Gasteiger partial charge in [0.25, 0.3) is 5.88 Å². The van der Waals surface area contributed by atoms with E-state index in [0.29, 0.717) is 40.5 Å². The predicted octanol–water partition coefficient (Wildman–Crippen LogP) is 5.09. The molecule has 166 valence electrons. The molecule has 32 heavy (non-hydrogen) atoms. The molecule has 1 saturated heterocycles. The standard InChI is InChI=1S/C24H25ClN4O3/c1-16-5-8-19(9-6-16)32-24-22(26-11-12-27-24)29-13-3-4-17(15-29)23(30)28-18-7-10-21(31-2)20(25)14-18/h5-12,14,17H,3-4,13,15H2,1-2H3,(H,28,30)/t17-/m0/s1. The van der Waals surface area contributed by atoms with Gasteiger partial charge in [-0.2, -0.15) is 0 Å². The number of aryl methyl sites for hydroxylation is 1. The minimum atomic E-state index is -0.196. The molecular weight excluding hydrogens is 428 g/mol. The van der Waals surface area contributed by atoms with Crippen molar-refractivity contribution in [1.82, 2.24) is 9.97 Å². The lowest BCUT2D eigenvalue weighted by atomic mass is 9.97. The first kappa shape index (κ1) is 21.9. The van der Waals surface area contributed by atoms with Crippen molar-refractivity contribution < 1.29 is 14.3 Å². The first-order chi connectivity index (χ1) is 15.5. The number of hydrogen-bond acceptors (Lipinski definition) is 6. The van der Waals surface area contributed by atoms with Crippen LogP contribution < -0.4 is 19.7 Å². The Morgan fingerprint density at radius 3 is 2.69 bits per heavy atom. The predicted molar refractivity (Wildman–Crippen MR) is 125 cm³/mol. The van der Waals surface area contributed by atoms with Crippen molar-refractivity contribution in [3.05, 3.63) is 65.4 Å². The summed E-state index contributed by atoms with van der Waals surface area (Å²) in [6, 6.07) is 13.0. The molecule has 2 aromatic carbocycles. The summed E-state index contributed by atoms with van der Waals surface area (Å²) < 4.78 is 11.2. The van der Waals surface area contributed by atoms with E-state index in [1.54, 1.807) is 37.7 Å². The summed E-state index contributed by atoms with van der Waals surface area (Å²) in [4.78, 5) is 23.9. The minimum absolute atomic E-state index is 0.0548. The van der Waals surface area contributed by atoms with Gasteiger partial charge in [0.05, 0.1) is 18.1 Å². The van der Waals surface area contributed by atoms with Crippen LogP contribution >= 0.6 is 11.6 Å². The molecule has 0 aliphatic carbocycles. The fraction of sp³-hybridized carbons (Fsp3) is 0.292. The van der Waals surface area contributed by atoms with Gasteiger partial charge in [-0.1, -0.05) is 29.3 Å². The number of amides is 1. The number of rotatable bonds is 6. The highest BCUT2D eigenvalue weighted by molar-refractivity contribution is 6.32. The highest BCUT2D eigenvalue weighted by atomic mass is 35.5. The largest absolute Gasteiger partial charge is 0.495 e. The first-order valence-electron chi connectivity index (χ1n) is 10.5. The maximum Gasteiger partial charge on any atom is 0.263 e. The van der Waals surface area contributed by atoms with Crippen molar-refractivity contribution in [3.63, 3.8) is 0 Å². The zero-order chi connectivity index (χ0) is 22.5. The van der Waals surface area contributed by atoms with Crippen molar-refractivity contribution in [1.29, 1.82) is 0 Å². The molecule has 1 atom stereocenters. The molecule has 8 heteroatoms. The number of hydrogen-bond donors (Lipinski definition) is 1. The van der Waals surface area contributed by atoms with Gasteiger partial charge in [0.2, 0.25) is 5.91 Å². The average molecular weight is 453 g/mol. The van der Waals surface area contributed by atoms with Gasteiger partial charge in [-0.05, 0) is 50.1 Å². The van der Waals surface area contributed by atoms with Crippen molar-refractivity contribution in [3.8, 4) is 17.4 Å². The zero-order valence-electron chi connectivity index (χ0n) is 18.0. The number of methoxy groups -OCH3 is 1. The van der Waals surface area contributed by atoms with E-state index in [0.717, 1.165) is 24.9 Å². The summed E-state index contributed by atoms with van der Waals surface area (Å²) in [6.07, 6.45) is 4.90. The summed E-state index contributed by atoms with van der Waals surface area (Å²) >= 11 is 6.18. The zero-order valence-corrected chi connectivity index (χ0v) is 18.8. The number of halogens is 1. The van der Waals surface area contributed by atoms with Crippen molar-refractivity contribution in [2.45, 2.75) is 19.8 Å². The lowest BCUT2D eigenvalue weighted by Gasteiger charge is -2.33. The van der Waals surface area contributed by atoms with E-state index in [2.05, 4.69) is 20.2 Å². The van der Waals surface area contributed by atoms with E-state index in [-0.39, 0.29) is 11.8 Å². The number of nitrogens with zero attached hydrogens (tertiary/aromatic N) is 3. The third kappa shape index (κ3) is 5.11. The van der Waals surface area contributed by atoms with Gasteiger partial charge < -0.3 is 19.7 Å². The molecule has 1 aliphatic heterocycles. The van der Waals surface area contributed by atoms with Crippen LogP contribution in [-0.4, -0.2) is 36.1 Å². The third-order valence-corrected chi connectivity index (χ3v) is 5.69. The fourth-order valence-corrected chi connectivity index (χ4v) is 3.95. The molecule has 1 aromatic heterocycles. The number of ether oxygens (including phenoxy) is 2. The molecule has 0 spiro atoms. The van der Waals surface area contributed by atoms with Gasteiger partial charge in [0.1, 0.15) is 11.5 Å². The summed E-state index contributed by atoms with van der Waals surface area (Å²) in [7, 11) is 1.55. The van der Waals surface area contributed by atoms with Gasteiger partial charge in [0.15, 0.2) is 5.82 Å². The molecule has 0 saturated carbocycles. The summed E-state index contributed by atoms with van der Waals surface area (Å²) in [5.41, 5.74) is 1.79. The Labute approximate surface area is 192 Å². The lowest BCUT2D eigenvalue weighted by Crippen LogP contribution is -2.41. The van der Waals surface area contributed by atoms with Crippen LogP contribution in [0, 0.1) is 12.8 Å². The highest BCUT2D eigenvalue weighted by Gasteiger charge is 2.28. The molecule has 0 unspecified atom stereocenters. The maximum atomic E-state index is 12.9. The fourth-order valence-electron chi connectivity index (χ4n) is 3.70. The third-order valence-electron chi connectivity index (χ3n) is 5.39. The van der Waals surface area contributed by atoms with Gasteiger partial charge >= 0.3 is 0 Å². The normalized spacial score (nSPS) is 15.8. The van der Waals surface area contributed by atoms with Crippen molar-refractivity contribution in [2.24, 2.45) is 5.92 Å². The van der Waals surface area contributed by atoms with E-state index < -0.39 is 0 Å². The second-order valence-electron chi connectivity index (χ2n) is 7.72. The van der Waals surface area contributed by atoms with E-state index >= 15 is 0 Å². The Balaban J connectivity index is 1.46. The Morgan fingerprint density at radius 2 is 1.94 bits per heavy atom. The molecule has 4 rings (SSSR count). The smallest absolute Gasteiger partial charge is 0.263 e. The summed E-state index contributed by atoms with van der Waals surface area (Å²) in [6.45, 7) is 3.33. The molecule has 7 nitrogen and oxygen atoms in total. The molecule has 0 bridgehead atoms.